The zero-order valence-electron chi connectivity index (χ0n) is 10.6. The Morgan fingerprint density at radius 1 is 1.13 bits per heavy atom. The summed E-state index contributed by atoms with van der Waals surface area (Å²) in [6, 6.07) is 4.63. The second-order valence-electron chi connectivity index (χ2n) is 4.61. The molecule has 0 aromatic heterocycles. The van der Waals surface area contributed by atoms with Gasteiger partial charge in [-0.15, -0.1) is 0 Å². The van der Waals surface area contributed by atoms with Crippen LogP contribution in [0.4, 0.5) is 0 Å². The van der Waals surface area contributed by atoms with Gasteiger partial charge in [0.25, 0.3) is 0 Å². The van der Waals surface area contributed by atoms with Crippen molar-refractivity contribution in [3.8, 4) is 0 Å². The van der Waals surface area contributed by atoms with E-state index in [1.54, 1.807) is 5.30 Å². The fraction of sp³-hybridized carbons (Fsp3) is 0.571. The van der Waals surface area contributed by atoms with Crippen molar-refractivity contribution in [1.29, 1.82) is 0 Å². The molecule has 0 N–H and O–H groups in total. The molecule has 0 nitrogen and oxygen atoms in total. The molecule has 0 aliphatic carbocycles. The first-order valence-electron chi connectivity index (χ1n) is 5.89. The van der Waals surface area contributed by atoms with Crippen LogP contribution in [0.2, 0.25) is 0 Å². The summed E-state index contributed by atoms with van der Waals surface area (Å²) in [6.07, 6.45) is 2.66. The Morgan fingerprint density at radius 3 is 2.13 bits per heavy atom. The second kappa shape index (κ2) is 5.66. The lowest BCUT2D eigenvalue weighted by atomic mass is 10.1. The van der Waals surface area contributed by atoms with Crippen LogP contribution in [0, 0.1) is 20.8 Å². The molecular formula is C14H23P. The molecule has 0 saturated heterocycles. The van der Waals surface area contributed by atoms with Crippen molar-refractivity contribution in [1.82, 2.24) is 0 Å². The summed E-state index contributed by atoms with van der Waals surface area (Å²) in [6.45, 7) is 11.3. The van der Waals surface area contributed by atoms with E-state index < -0.39 is 0 Å². The van der Waals surface area contributed by atoms with Crippen LogP contribution in [0.5, 0.6) is 0 Å². The summed E-state index contributed by atoms with van der Waals surface area (Å²) in [5.41, 5.74) is 5.19. The third-order valence-electron chi connectivity index (χ3n) is 2.79. The van der Waals surface area contributed by atoms with Crippen LogP contribution in [0.3, 0.4) is 0 Å². The summed E-state index contributed by atoms with van der Waals surface area (Å²) < 4.78 is 0. The predicted octanol–water partition coefficient (Wildman–Crippen LogP) is 4.10. The number of hydrogen-bond acceptors (Lipinski definition) is 0. The van der Waals surface area contributed by atoms with Crippen molar-refractivity contribution in [2.75, 3.05) is 0 Å². The maximum absolute atomic E-state index is 2.38. The highest BCUT2D eigenvalue weighted by Gasteiger charge is 2.08. The molecule has 1 aromatic carbocycles. The van der Waals surface area contributed by atoms with E-state index in [1.807, 2.05) is 0 Å². The van der Waals surface area contributed by atoms with Crippen LogP contribution in [-0.2, 0) is 0 Å². The molecular weight excluding hydrogens is 199 g/mol. The van der Waals surface area contributed by atoms with Crippen molar-refractivity contribution in [2.45, 2.75) is 53.1 Å². The normalized spacial score (nSPS) is 13.7. The zero-order valence-corrected chi connectivity index (χ0v) is 11.6. The van der Waals surface area contributed by atoms with E-state index in [-0.39, 0.29) is 0 Å². The highest BCUT2D eigenvalue weighted by atomic mass is 31.1. The monoisotopic (exact) mass is 222 g/mol. The van der Waals surface area contributed by atoms with Crippen molar-refractivity contribution in [3.05, 3.63) is 28.8 Å². The molecule has 0 saturated carbocycles. The molecule has 0 amide bonds. The quantitative estimate of drug-likeness (QED) is 0.673. The first-order chi connectivity index (χ1) is 7.04. The van der Waals surface area contributed by atoms with E-state index in [4.69, 9.17) is 0 Å². The Balaban J connectivity index is 2.85. The van der Waals surface area contributed by atoms with E-state index in [9.17, 15) is 0 Å². The van der Waals surface area contributed by atoms with Crippen LogP contribution < -0.4 is 5.30 Å². The predicted molar refractivity (Wildman–Crippen MR) is 73.0 cm³/mol. The lowest BCUT2D eigenvalue weighted by molar-refractivity contribution is 0.785. The third-order valence-corrected chi connectivity index (χ3v) is 4.65. The molecule has 0 spiro atoms. The van der Waals surface area contributed by atoms with Gasteiger partial charge >= 0.3 is 0 Å². The third kappa shape index (κ3) is 3.61. The molecule has 0 radical (unpaired) electrons. The lowest BCUT2D eigenvalue weighted by Gasteiger charge is -2.15. The number of benzene rings is 1. The fourth-order valence-corrected chi connectivity index (χ4v) is 3.68. The van der Waals surface area contributed by atoms with E-state index in [0.717, 1.165) is 14.2 Å². The maximum Gasteiger partial charge on any atom is -0.0210 e. The Morgan fingerprint density at radius 2 is 1.67 bits per heavy atom. The zero-order chi connectivity index (χ0) is 11.4. The molecule has 15 heavy (non-hydrogen) atoms. The van der Waals surface area contributed by atoms with E-state index in [1.165, 1.54) is 29.5 Å². The van der Waals surface area contributed by atoms with E-state index in [2.05, 4.69) is 46.8 Å². The van der Waals surface area contributed by atoms with Gasteiger partial charge in [-0.3, -0.25) is 0 Å². The summed E-state index contributed by atoms with van der Waals surface area (Å²) >= 11 is 0. The SMILES string of the molecule is CCCC(C)Pc1c(C)cc(C)cc1C. The first kappa shape index (κ1) is 12.7. The minimum Gasteiger partial charge on any atom is -0.0869 e. The first-order valence-corrected chi connectivity index (χ1v) is 6.96. The molecule has 0 fully saturated rings. The molecule has 0 aliphatic rings. The largest absolute Gasteiger partial charge is 0.0869 e. The number of aryl methyl sites for hydroxylation is 3. The van der Waals surface area contributed by atoms with Crippen molar-refractivity contribution < 1.29 is 0 Å². The molecule has 2 atom stereocenters. The van der Waals surface area contributed by atoms with Crippen LogP contribution in [0.25, 0.3) is 0 Å². The Hall–Kier alpha value is -0.350. The van der Waals surface area contributed by atoms with Crippen molar-refractivity contribution >= 4 is 13.9 Å². The summed E-state index contributed by atoms with van der Waals surface area (Å²) in [5, 5.41) is 1.60. The fourth-order valence-electron chi connectivity index (χ4n) is 2.16. The molecule has 0 aliphatic heterocycles. The summed E-state index contributed by atoms with van der Waals surface area (Å²) in [4.78, 5) is 0. The minimum absolute atomic E-state index is 0.843. The standard InChI is InChI=1S/C14H23P/c1-6-7-13(5)15-14-11(3)8-10(2)9-12(14)4/h8-9,13,15H,6-7H2,1-5H3. The molecule has 1 rings (SSSR count). The van der Waals surface area contributed by atoms with Crippen LogP contribution in [0.15, 0.2) is 12.1 Å². The van der Waals surface area contributed by atoms with E-state index >= 15 is 0 Å². The van der Waals surface area contributed by atoms with Gasteiger partial charge < -0.3 is 0 Å². The summed E-state index contributed by atoms with van der Waals surface area (Å²) in [7, 11) is 0.979. The smallest absolute Gasteiger partial charge is 0.0210 e. The topological polar surface area (TPSA) is 0 Å². The molecule has 0 bridgehead atoms. The van der Waals surface area contributed by atoms with Gasteiger partial charge in [-0.25, -0.2) is 0 Å². The van der Waals surface area contributed by atoms with Gasteiger partial charge in [0.15, 0.2) is 0 Å². The van der Waals surface area contributed by atoms with Crippen LogP contribution in [0.1, 0.15) is 43.4 Å². The maximum atomic E-state index is 2.38. The van der Waals surface area contributed by atoms with Gasteiger partial charge in [-0.2, -0.15) is 0 Å². The Bertz CT molecular complexity index is 305. The van der Waals surface area contributed by atoms with Crippen molar-refractivity contribution in [2.24, 2.45) is 0 Å². The molecule has 1 heteroatoms. The van der Waals surface area contributed by atoms with Crippen molar-refractivity contribution in [3.63, 3.8) is 0 Å². The average molecular weight is 222 g/mol. The van der Waals surface area contributed by atoms with Gasteiger partial charge in [-0.05, 0) is 49.3 Å². The van der Waals surface area contributed by atoms with Gasteiger partial charge in [0.1, 0.15) is 0 Å². The molecule has 84 valence electrons. The number of hydrogen-bond donors (Lipinski definition) is 0. The van der Waals surface area contributed by atoms with Gasteiger partial charge in [0.05, 0.1) is 0 Å². The summed E-state index contributed by atoms with van der Waals surface area (Å²) in [5.74, 6) is 0. The molecule has 1 aromatic rings. The van der Waals surface area contributed by atoms with Gasteiger partial charge in [0.2, 0.25) is 0 Å². The van der Waals surface area contributed by atoms with Gasteiger partial charge in [0, 0.05) is 0 Å². The van der Waals surface area contributed by atoms with Gasteiger partial charge in [-0.1, -0.05) is 46.5 Å². The molecule has 0 heterocycles. The highest BCUT2D eigenvalue weighted by molar-refractivity contribution is 7.48. The second-order valence-corrected chi connectivity index (χ2v) is 6.38. The Kier molecular flexibility index (Phi) is 4.80. The lowest BCUT2D eigenvalue weighted by Crippen LogP contribution is -2.10. The average Bonchev–Trinajstić information content (AvgIpc) is 2.11. The molecule has 2 unspecified atom stereocenters. The number of rotatable bonds is 4. The van der Waals surface area contributed by atoms with Crippen LogP contribution >= 0.6 is 8.58 Å². The Labute approximate surface area is 96.3 Å². The van der Waals surface area contributed by atoms with Crippen LogP contribution in [-0.4, -0.2) is 5.66 Å². The van der Waals surface area contributed by atoms with E-state index in [0.29, 0.717) is 0 Å². The minimum atomic E-state index is 0.843. The highest BCUT2D eigenvalue weighted by Crippen LogP contribution is 2.26.